The summed E-state index contributed by atoms with van der Waals surface area (Å²) >= 11 is 0. The van der Waals surface area contributed by atoms with E-state index in [0.717, 1.165) is 29.4 Å². The van der Waals surface area contributed by atoms with Gasteiger partial charge in [0.05, 0.1) is 12.8 Å². The van der Waals surface area contributed by atoms with Gasteiger partial charge in [-0.3, -0.25) is 4.99 Å². The zero-order valence-corrected chi connectivity index (χ0v) is 19.2. The number of hydrogen-bond acceptors (Lipinski definition) is 3. The molecule has 8 heteroatoms. The Bertz CT molecular complexity index is 863. The van der Waals surface area contributed by atoms with Crippen molar-refractivity contribution in [2.45, 2.75) is 25.9 Å². The number of hydrogen-bond donors (Lipinski definition) is 2. The van der Waals surface area contributed by atoms with Crippen LogP contribution >= 0.6 is 24.0 Å². The maximum Gasteiger partial charge on any atom is 0.191 e. The van der Waals surface area contributed by atoms with Crippen molar-refractivity contribution in [2.24, 2.45) is 4.99 Å². The van der Waals surface area contributed by atoms with Gasteiger partial charge in [0, 0.05) is 38.8 Å². The van der Waals surface area contributed by atoms with E-state index in [1.807, 2.05) is 24.0 Å². The smallest absolute Gasteiger partial charge is 0.191 e. The monoisotopic (exact) mass is 516 g/mol. The Hall–Kier alpha value is -2.10. The Morgan fingerprint density at radius 1 is 1.24 bits per heavy atom. The van der Waals surface area contributed by atoms with Gasteiger partial charge in [-0.25, -0.2) is 8.78 Å². The summed E-state index contributed by atoms with van der Waals surface area (Å²) in [5.41, 5.74) is 2.64. The molecule has 0 bridgehead atoms. The highest BCUT2D eigenvalue weighted by Crippen LogP contribution is 2.24. The third-order valence-corrected chi connectivity index (χ3v) is 4.92. The van der Waals surface area contributed by atoms with Crippen LogP contribution in [0.15, 0.2) is 41.4 Å². The van der Waals surface area contributed by atoms with Gasteiger partial charge in [-0.05, 0) is 42.7 Å². The second kappa shape index (κ2) is 10.6. The molecular weight excluding hydrogens is 489 g/mol. The van der Waals surface area contributed by atoms with Crippen molar-refractivity contribution in [3.63, 3.8) is 0 Å². The highest BCUT2D eigenvalue weighted by molar-refractivity contribution is 14.0. The van der Waals surface area contributed by atoms with Gasteiger partial charge in [-0.2, -0.15) is 0 Å². The number of benzene rings is 2. The lowest BCUT2D eigenvalue weighted by Crippen LogP contribution is -2.44. The van der Waals surface area contributed by atoms with E-state index in [0.29, 0.717) is 31.3 Å². The molecule has 5 nitrogen and oxygen atoms in total. The summed E-state index contributed by atoms with van der Waals surface area (Å²) in [4.78, 5) is 6.20. The van der Waals surface area contributed by atoms with Crippen LogP contribution in [0.3, 0.4) is 0 Å². The number of methoxy groups -OCH3 is 1. The minimum absolute atomic E-state index is 0. The van der Waals surface area contributed by atoms with Crippen LogP contribution in [0.1, 0.15) is 17.5 Å². The van der Waals surface area contributed by atoms with E-state index >= 15 is 0 Å². The van der Waals surface area contributed by atoms with Gasteiger partial charge in [0.1, 0.15) is 17.4 Å². The first-order chi connectivity index (χ1) is 13.5. The molecule has 1 fully saturated rings. The van der Waals surface area contributed by atoms with E-state index in [9.17, 15) is 8.78 Å². The summed E-state index contributed by atoms with van der Waals surface area (Å²) in [6.07, 6.45) is 0.846. The highest BCUT2D eigenvalue weighted by Gasteiger charge is 2.25. The molecule has 2 aromatic rings. The summed E-state index contributed by atoms with van der Waals surface area (Å²) in [6.45, 7) is 3.98. The second-order valence-electron chi connectivity index (χ2n) is 6.90. The van der Waals surface area contributed by atoms with E-state index in [-0.39, 0.29) is 30.0 Å². The first-order valence-electron chi connectivity index (χ1n) is 9.31. The lowest BCUT2D eigenvalue weighted by Gasteiger charge is -2.21. The van der Waals surface area contributed by atoms with Crippen molar-refractivity contribution < 1.29 is 13.5 Å². The number of aryl methyl sites for hydroxylation is 1. The average molecular weight is 516 g/mol. The van der Waals surface area contributed by atoms with Crippen LogP contribution in [-0.2, 0) is 6.54 Å². The molecule has 0 spiro atoms. The predicted octanol–water partition coefficient (Wildman–Crippen LogP) is 3.84. The van der Waals surface area contributed by atoms with Gasteiger partial charge in [0.2, 0.25) is 0 Å². The van der Waals surface area contributed by atoms with E-state index < -0.39 is 11.6 Å². The number of aliphatic imine (C=N–C) groups is 1. The van der Waals surface area contributed by atoms with Gasteiger partial charge < -0.3 is 20.3 Å². The number of guanidine groups is 1. The minimum Gasteiger partial charge on any atom is -0.496 e. The normalized spacial score (nSPS) is 16.4. The Morgan fingerprint density at radius 2 is 2.03 bits per heavy atom. The van der Waals surface area contributed by atoms with Crippen molar-refractivity contribution >= 4 is 35.6 Å². The fourth-order valence-electron chi connectivity index (χ4n) is 3.46. The number of nitrogens with zero attached hydrogens (tertiary/aromatic N) is 2. The molecule has 29 heavy (non-hydrogen) atoms. The molecule has 2 aromatic carbocycles. The lowest BCUT2D eigenvalue weighted by atomic mass is 10.1. The summed E-state index contributed by atoms with van der Waals surface area (Å²) in [6, 6.07) is 9.88. The Balaban J connectivity index is 0.00000300. The molecular formula is C21H27F2IN4O. The molecule has 0 aliphatic carbocycles. The summed E-state index contributed by atoms with van der Waals surface area (Å²) in [5, 5.41) is 6.69. The molecule has 1 atom stereocenters. The predicted molar refractivity (Wildman–Crippen MR) is 123 cm³/mol. The van der Waals surface area contributed by atoms with Crippen molar-refractivity contribution in [3.8, 4) is 5.75 Å². The quantitative estimate of drug-likeness (QED) is 0.361. The molecule has 1 aliphatic rings. The Morgan fingerprint density at radius 3 is 2.69 bits per heavy atom. The number of halogens is 3. The third kappa shape index (κ3) is 5.94. The minimum atomic E-state index is -0.562. The largest absolute Gasteiger partial charge is 0.496 e. The molecule has 0 aromatic heterocycles. The van der Waals surface area contributed by atoms with Crippen LogP contribution in [-0.4, -0.2) is 39.2 Å². The van der Waals surface area contributed by atoms with Gasteiger partial charge in [-0.15, -0.1) is 24.0 Å². The fourth-order valence-corrected chi connectivity index (χ4v) is 3.46. The third-order valence-electron chi connectivity index (χ3n) is 4.92. The van der Waals surface area contributed by atoms with Crippen molar-refractivity contribution in [3.05, 3.63) is 59.2 Å². The zero-order chi connectivity index (χ0) is 20.1. The maximum absolute atomic E-state index is 14.0. The summed E-state index contributed by atoms with van der Waals surface area (Å²) in [7, 11) is 3.38. The second-order valence-corrected chi connectivity index (χ2v) is 6.90. The van der Waals surface area contributed by atoms with Crippen molar-refractivity contribution in [1.82, 2.24) is 10.6 Å². The van der Waals surface area contributed by atoms with Crippen LogP contribution < -0.4 is 20.3 Å². The van der Waals surface area contributed by atoms with Crippen LogP contribution in [0.4, 0.5) is 14.5 Å². The molecule has 1 saturated heterocycles. The molecule has 1 aliphatic heterocycles. The van der Waals surface area contributed by atoms with E-state index in [1.54, 1.807) is 14.2 Å². The fraction of sp³-hybridized carbons (Fsp3) is 0.381. The molecule has 0 amide bonds. The first-order valence-corrected chi connectivity index (χ1v) is 9.31. The summed E-state index contributed by atoms with van der Waals surface area (Å²) < 4.78 is 32.4. The maximum atomic E-state index is 14.0. The van der Waals surface area contributed by atoms with E-state index in [1.165, 1.54) is 12.1 Å². The standard InChI is InChI=1S/C21H26F2N4O.HI/c1-14-10-15(4-7-20(14)28-3)12-25-21(24-2)26-17-8-9-27(13-17)19-6-5-16(22)11-18(19)23;/h4-7,10-11,17H,8-9,12-13H2,1-3H3,(H2,24,25,26);1H. The average Bonchev–Trinajstić information content (AvgIpc) is 3.13. The molecule has 3 rings (SSSR count). The van der Waals surface area contributed by atoms with Crippen LogP contribution in [0.25, 0.3) is 0 Å². The van der Waals surface area contributed by atoms with Crippen LogP contribution in [0.2, 0.25) is 0 Å². The van der Waals surface area contributed by atoms with Gasteiger partial charge >= 0.3 is 0 Å². The number of rotatable bonds is 5. The number of ether oxygens (including phenoxy) is 1. The molecule has 1 unspecified atom stereocenters. The van der Waals surface area contributed by atoms with Crippen molar-refractivity contribution in [1.29, 1.82) is 0 Å². The van der Waals surface area contributed by atoms with E-state index in [2.05, 4.69) is 21.7 Å². The van der Waals surface area contributed by atoms with Gasteiger partial charge in [0.15, 0.2) is 5.96 Å². The molecule has 158 valence electrons. The topological polar surface area (TPSA) is 48.9 Å². The van der Waals surface area contributed by atoms with Crippen molar-refractivity contribution in [2.75, 3.05) is 32.1 Å². The Labute approximate surface area is 187 Å². The molecule has 2 N–H and O–H groups in total. The summed E-state index contributed by atoms with van der Waals surface area (Å²) in [5.74, 6) is 0.469. The Kier molecular flexibility index (Phi) is 8.48. The zero-order valence-electron chi connectivity index (χ0n) is 16.8. The number of nitrogens with one attached hydrogen (secondary N) is 2. The molecule has 0 saturated carbocycles. The van der Waals surface area contributed by atoms with Crippen LogP contribution in [0, 0.1) is 18.6 Å². The lowest BCUT2D eigenvalue weighted by molar-refractivity contribution is 0.411. The SMILES string of the molecule is CN=C(NCc1ccc(OC)c(C)c1)NC1CCN(c2ccc(F)cc2F)C1.I. The first kappa shape index (κ1) is 23.2. The van der Waals surface area contributed by atoms with Gasteiger partial charge in [0.25, 0.3) is 0 Å². The highest BCUT2D eigenvalue weighted by atomic mass is 127. The number of anilines is 1. The molecule has 0 radical (unpaired) electrons. The van der Waals surface area contributed by atoms with Crippen LogP contribution in [0.5, 0.6) is 5.75 Å². The van der Waals surface area contributed by atoms with Gasteiger partial charge in [-0.1, -0.05) is 12.1 Å². The van der Waals surface area contributed by atoms with E-state index in [4.69, 9.17) is 4.74 Å². The molecule has 1 heterocycles.